The molecule has 3 N–H and O–H groups in total. The van der Waals surface area contributed by atoms with Gasteiger partial charge in [0.25, 0.3) is 10.2 Å². The molecule has 0 atom stereocenters. The number of nitrogens with one attached hydrogen (secondary N) is 1. The summed E-state index contributed by atoms with van der Waals surface area (Å²) in [7, 11) is -3.46. The first-order valence-electron chi connectivity index (χ1n) is 8.25. The highest BCUT2D eigenvalue weighted by Crippen LogP contribution is 2.37. The maximum atomic E-state index is 12.7. The average molecular weight is 320 g/mol. The van der Waals surface area contributed by atoms with Crippen LogP contribution >= 0.6 is 0 Å². The molecule has 21 heavy (non-hydrogen) atoms. The van der Waals surface area contributed by atoms with Crippen LogP contribution in [0.4, 0.5) is 0 Å². The first kappa shape index (κ1) is 18.9. The van der Waals surface area contributed by atoms with Gasteiger partial charge in [-0.3, -0.25) is 0 Å². The van der Waals surface area contributed by atoms with Crippen LogP contribution < -0.4 is 10.5 Å². The summed E-state index contributed by atoms with van der Waals surface area (Å²) < 4.78 is 29.9. The molecule has 1 fully saturated rings. The van der Waals surface area contributed by atoms with Gasteiger partial charge in [0.1, 0.15) is 0 Å². The molecule has 0 heterocycles. The van der Waals surface area contributed by atoms with Gasteiger partial charge in [0, 0.05) is 25.2 Å². The summed E-state index contributed by atoms with van der Waals surface area (Å²) in [5.74, 6) is 0.961. The molecule has 1 aliphatic carbocycles. The molecular weight excluding hydrogens is 286 g/mol. The highest BCUT2D eigenvalue weighted by atomic mass is 32.2. The summed E-state index contributed by atoms with van der Waals surface area (Å²) in [5, 5.41) is 0. The van der Waals surface area contributed by atoms with Crippen molar-refractivity contribution in [3.05, 3.63) is 0 Å². The number of hydrogen-bond donors (Lipinski definition) is 2. The molecule has 1 rings (SSSR count). The van der Waals surface area contributed by atoms with Crippen LogP contribution in [0, 0.1) is 11.8 Å². The fourth-order valence-electron chi connectivity index (χ4n) is 3.02. The van der Waals surface area contributed by atoms with Gasteiger partial charge >= 0.3 is 0 Å². The van der Waals surface area contributed by atoms with Crippen molar-refractivity contribution in [3.63, 3.8) is 0 Å². The summed E-state index contributed by atoms with van der Waals surface area (Å²) in [5.41, 5.74) is 5.64. The fourth-order valence-corrected chi connectivity index (χ4v) is 4.91. The van der Waals surface area contributed by atoms with Crippen LogP contribution in [0.15, 0.2) is 0 Å². The summed E-state index contributed by atoms with van der Waals surface area (Å²) in [6, 6.07) is 0. The van der Waals surface area contributed by atoms with E-state index < -0.39 is 15.7 Å². The lowest BCUT2D eigenvalue weighted by Gasteiger charge is -2.46. The molecule has 1 aliphatic rings. The summed E-state index contributed by atoms with van der Waals surface area (Å²) in [6.45, 7) is 9.68. The maximum Gasteiger partial charge on any atom is 0.280 e. The minimum Gasteiger partial charge on any atom is -0.329 e. The van der Waals surface area contributed by atoms with E-state index in [0.29, 0.717) is 31.5 Å². The molecular formula is C15H33N3O2S. The average Bonchev–Trinajstić information content (AvgIpc) is 2.44. The largest absolute Gasteiger partial charge is 0.329 e. The monoisotopic (exact) mass is 319 g/mol. The highest BCUT2D eigenvalue weighted by molar-refractivity contribution is 7.87. The van der Waals surface area contributed by atoms with E-state index in [-0.39, 0.29) is 0 Å². The second-order valence-electron chi connectivity index (χ2n) is 6.93. The van der Waals surface area contributed by atoms with Gasteiger partial charge in [0.2, 0.25) is 0 Å². The Morgan fingerprint density at radius 3 is 2.33 bits per heavy atom. The van der Waals surface area contributed by atoms with Crippen molar-refractivity contribution in [1.82, 2.24) is 9.03 Å². The Hall–Kier alpha value is -0.170. The SMILES string of the molecule is CCCN(C1(CN)CCC(C)CC1)S(=O)(=O)NCC(C)C. The van der Waals surface area contributed by atoms with Gasteiger partial charge in [-0.25, -0.2) is 4.72 Å². The standard InChI is InChI=1S/C15H33N3O2S/c1-5-10-18(21(19,20)17-11-13(2)3)15(12-16)8-6-14(4)7-9-15/h13-14,17H,5-12,16H2,1-4H3. The molecule has 126 valence electrons. The number of hydrogen-bond acceptors (Lipinski definition) is 3. The first-order chi connectivity index (χ1) is 9.77. The molecule has 0 bridgehead atoms. The molecule has 5 nitrogen and oxygen atoms in total. The predicted octanol–water partition coefficient (Wildman–Crippen LogP) is 2.10. The quantitative estimate of drug-likeness (QED) is 0.719. The second kappa shape index (κ2) is 7.90. The lowest BCUT2D eigenvalue weighted by molar-refractivity contribution is 0.114. The Balaban J connectivity index is 2.97. The zero-order valence-corrected chi connectivity index (χ0v) is 14.9. The maximum absolute atomic E-state index is 12.7. The number of nitrogens with zero attached hydrogens (tertiary/aromatic N) is 1. The van der Waals surface area contributed by atoms with Gasteiger partial charge in [-0.05, 0) is 43.9 Å². The molecule has 0 aromatic carbocycles. The first-order valence-corrected chi connectivity index (χ1v) is 9.69. The van der Waals surface area contributed by atoms with Crippen LogP contribution in [0.5, 0.6) is 0 Å². The smallest absolute Gasteiger partial charge is 0.280 e. The lowest BCUT2D eigenvalue weighted by atomic mass is 9.77. The van der Waals surface area contributed by atoms with Crippen molar-refractivity contribution in [2.75, 3.05) is 19.6 Å². The fraction of sp³-hybridized carbons (Fsp3) is 1.00. The molecule has 1 saturated carbocycles. The van der Waals surface area contributed by atoms with Crippen molar-refractivity contribution in [3.8, 4) is 0 Å². The minimum atomic E-state index is -3.46. The Bertz CT molecular complexity index is 401. The summed E-state index contributed by atoms with van der Waals surface area (Å²) in [4.78, 5) is 0. The van der Waals surface area contributed by atoms with Gasteiger partial charge < -0.3 is 5.73 Å². The van der Waals surface area contributed by atoms with Gasteiger partial charge in [-0.1, -0.05) is 27.7 Å². The van der Waals surface area contributed by atoms with E-state index in [2.05, 4.69) is 11.6 Å². The number of nitrogens with two attached hydrogens (primary N) is 1. The van der Waals surface area contributed by atoms with Gasteiger partial charge in [0.15, 0.2) is 0 Å². The highest BCUT2D eigenvalue weighted by Gasteiger charge is 2.43. The zero-order chi connectivity index (χ0) is 16.1. The van der Waals surface area contributed by atoms with Crippen molar-refractivity contribution in [1.29, 1.82) is 0 Å². The molecule has 0 amide bonds. The second-order valence-corrected chi connectivity index (χ2v) is 8.61. The topological polar surface area (TPSA) is 75.4 Å². The van der Waals surface area contributed by atoms with E-state index in [1.54, 1.807) is 4.31 Å². The van der Waals surface area contributed by atoms with Crippen LogP contribution in [0.2, 0.25) is 0 Å². The van der Waals surface area contributed by atoms with E-state index >= 15 is 0 Å². The van der Waals surface area contributed by atoms with Gasteiger partial charge in [0.05, 0.1) is 0 Å². The Morgan fingerprint density at radius 2 is 1.90 bits per heavy atom. The molecule has 0 aliphatic heterocycles. The molecule has 0 radical (unpaired) electrons. The predicted molar refractivity (Wildman–Crippen MR) is 88.2 cm³/mol. The minimum absolute atomic E-state index is 0.295. The number of rotatable bonds is 8. The van der Waals surface area contributed by atoms with Crippen molar-refractivity contribution >= 4 is 10.2 Å². The summed E-state index contributed by atoms with van der Waals surface area (Å²) >= 11 is 0. The molecule has 0 aromatic rings. The summed E-state index contributed by atoms with van der Waals surface area (Å²) in [6.07, 6.45) is 4.65. The Kier molecular flexibility index (Phi) is 7.10. The van der Waals surface area contributed by atoms with Crippen LogP contribution in [0.25, 0.3) is 0 Å². The lowest BCUT2D eigenvalue weighted by Crippen LogP contribution is -2.60. The van der Waals surface area contributed by atoms with Crippen molar-refractivity contribution in [2.24, 2.45) is 17.6 Å². The Labute approximate surface area is 130 Å². The van der Waals surface area contributed by atoms with Crippen LogP contribution in [-0.2, 0) is 10.2 Å². The third-order valence-corrected chi connectivity index (χ3v) is 6.19. The van der Waals surface area contributed by atoms with E-state index in [9.17, 15) is 8.42 Å². The third-order valence-electron chi connectivity index (χ3n) is 4.50. The molecule has 0 spiro atoms. The molecule has 0 aromatic heterocycles. The molecule has 6 heteroatoms. The van der Waals surface area contributed by atoms with Crippen LogP contribution in [0.3, 0.4) is 0 Å². The van der Waals surface area contributed by atoms with Crippen LogP contribution in [0.1, 0.15) is 59.8 Å². The van der Waals surface area contributed by atoms with Gasteiger partial charge in [-0.2, -0.15) is 12.7 Å². The third kappa shape index (κ3) is 4.91. The van der Waals surface area contributed by atoms with Crippen molar-refractivity contribution in [2.45, 2.75) is 65.3 Å². The van der Waals surface area contributed by atoms with Gasteiger partial charge in [-0.15, -0.1) is 0 Å². The normalized spacial score (nSPS) is 27.5. The van der Waals surface area contributed by atoms with Crippen LogP contribution in [-0.4, -0.2) is 37.9 Å². The Morgan fingerprint density at radius 1 is 1.33 bits per heavy atom. The molecule has 0 unspecified atom stereocenters. The van der Waals surface area contributed by atoms with Crippen molar-refractivity contribution < 1.29 is 8.42 Å². The van der Waals surface area contributed by atoms with E-state index in [0.717, 1.165) is 32.1 Å². The zero-order valence-electron chi connectivity index (χ0n) is 14.1. The molecule has 0 saturated heterocycles. The van der Waals surface area contributed by atoms with E-state index in [1.807, 2.05) is 20.8 Å². The van der Waals surface area contributed by atoms with E-state index in [4.69, 9.17) is 5.73 Å². The van der Waals surface area contributed by atoms with E-state index in [1.165, 1.54) is 0 Å².